The number of hydrogen-bond donors (Lipinski definition) is 0. The molecule has 0 heterocycles. The molecule has 0 aliphatic rings. The van der Waals surface area contributed by atoms with Gasteiger partial charge in [0.25, 0.3) is 0 Å². The monoisotopic (exact) mass is 548 g/mol. The Morgan fingerprint density at radius 3 is 1.00 bits per heavy atom. The van der Waals surface area contributed by atoms with Gasteiger partial charge in [0, 0.05) is 6.42 Å². The first-order valence-electron chi connectivity index (χ1n) is 6.54. The third-order valence-electron chi connectivity index (χ3n) is 3.55. The van der Waals surface area contributed by atoms with Gasteiger partial charge < -0.3 is 4.55 Å². The van der Waals surface area contributed by atoms with E-state index in [0.717, 1.165) is 0 Å². The van der Waals surface area contributed by atoms with Gasteiger partial charge in [-0.2, -0.15) is 70.2 Å². The van der Waals surface area contributed by atoms with E-state index < -0.39 is 63.3 Å². The zero-order chi connectivity index (χ0) is 25.2. The van der Waals surface area contributed by atoms with E-state index in [4.69, 9.17) is 0 Å². The Labute approximate surface area is 203 Å². The van der Waals surface area contributed by atoms with E-state index in [2.05, 4.69) is 0 Å². The van der Waals surface area contributed by atoms with Crippen molar-refractivity contribution in [3.63, 3.8) is 0 Å². The molecule has 0 aliphatic carbocycles. The van der Waals surface area contributed by atoms with Crippen LogP contribution in [-0.2, 0) is 10.1 Å². The van der Waals surface area contributed by atoms with Gasteiger partial charge >= 0.3 is 98.1 Å². The molecule has 0 rings (SSSR count). The minimum atomic E-state index is -8.76. The topological polar surface area (TPSA) is 57.2 Å². The van der Waals surface area contributed by atoms with E-state index in [1.165, 1.54) is 0 Å². The maximum Gasteiger partial charge on any atom is 1.00 e. The molecule has 0 N–H and O–H groups in total. The second kappa shape index (κ2) is 8.58. The van der Waals surface area contributed by atoms with E-state index in [9.17, 15) is 83.2 Å². The molecule has 31 heavy (non-hydrogen) atoms. The van der Waals surface area contributed by atoms with Gasteiger partial charge in [0.1, 0.15) is 0 Å². The first kappa shape index (κ1) is 33.6. The zero-order valence-electron chi connectivity index (χ0n) is 14.4. The summed E-state index contributed by atoms with van der Waals surface area (Å²) in [5.41, 5.74) is 0. The summed E-state index contributed by atoms with van der Waals surface area (Å²) in [5, 5.41) is -7.88. The van der Waals surface area contributed by atoms with Crippen LogP contribution in [0, 0.1) is 0 Å². The summed E-state index contributed by atoms with van der Waals surface area (Å²) in [6, 6.07) is 0. The maximum atomic E-state index is 13.3. The Hall–Kier alpha value is 0.426. The normalized spacial score (nSPS) is 16.2. The second-order valence-electron chi connectivity index (χ2n) is 5.48. The fourth-order valence-electron chi connectivity index (χ4n) is 1.58. The molecule has 0 aliphatic heterocycles. The van der Waals surface area contributed by atoms with Crippen molar-refractivity contribution in [2.24, 2.45) is 0 Å². The molecule has 3 nitrogen and oxygen atoms in total. The Morgan fingerprint density at radius 2 is 0.774 bits per heavy atom. The fraction of sp³-hybridized carbons (Fsp3) is 1.00. The van der Waals surface area contributed by atoms with Crippen molar-refractivity contribution in [1.29, 1.82) is 0 Å². The van der Waals surface area contributed by atoms with Gasteiger partial charge in [0.2, 0.25) is 0 Å². The van der Waals surface area contributed by atoms with Crippen LogP contribution >= 0.6 is 0 Å². The average molecular weight is 548 g/mol. The van der Waals surface area contributed by atoms with E-state index >= 15 is 0 Å². The molecular formula is C10H5F16KO3S. The predicted molar refractivity (Wildman–Crippen MR) is 59.6 cm³/mol. The van der Waals surface area contributed by atoms with Crippen molar-refractivity contribution in [1.82, 2.24) is 0 Å². The maximum absolute atomic E-state index is 13.3. The summed E-state index contributed by atoms with van der Waals surface area (Å²) < 4.78 is 239. The summed E-state index contributed by atoms with van der Waals surface area (Å²) in [6.45, 7) is -0.108. The largest absolute Gasteiger partial charge is 1.00 e. The summed E-state index contributed by atoms with van der Waals surface area (Å²) in [5.74, 6) is -56.8. The zero-order valence-corrected chi connectivity index (χ0v) is 18.3. The molecule has 0 atom stereocenters. The fourth-order valence-corrected chi connectivity index (χ4v) is 2.02. The van der Waals surface area contributed by atoms with E-state index in [0.29, 0.717) is 0 Å². The molecule has 0 amide bonds. The van der Waals surface area contributed by atoms with Gasteiger partial charge in [0.05, 0.1) is 0 Å². The predicted octanol–water partition coefficient (Wildman–Crippen LogP) is 1.99. The summed E-state index contributed by atoms with van der Waals surface area (Å²) in [7, 11) is -8.09. The molecule has 0 bridgehead atoms. The van der Waals surface area contributed by atoms with Crippen LogP contribution in [0.4, 0.5) is 70.2 Å². The van der Waals surface area contributed by atoms with Crippen molar-refractivity contribution >= 4 is 10.1 Å². The molecule has 0 radical (unpaired) electrons. The van der Waals surface area contributed by atoms with Crippen LogP contribution in [0.1, 0.15) is 13.3 Å². The molecule has 0 spiro atoms. The van der Waals surface area contributed by atoms with Crippen molar-refractivity contribution in [2.45, 2.75) is 60.1 Å². The number of halogens is 16. The molecule has 0 aromatic carbocycles. The standard InChI is InChI=1S/C10H6F16O3S.K/c1-2-3(11,12)4(13,14)5(15,16)6(17,18)7(19,20)8(21,22)9(23,24)10(25,26)30(27,28)29;/h2H2,1H3,(H,27,28,29);/q;+1/p-1. The van der Waals surface area contributed by atoms with Gasteiger partial charge in [-0.1, -0.05) is 6.92 Å². The van der Waals surface area contributed by atoms with Crippen LogP contribution in [-0.4, -0.2) is 59.7 Å². The minimum Gasteiger partial charge on any atom is -0.743 e. The Balaban J connectivity index is 0. The Kier molecular flexibility index (Phi) is 9.30. The average Bonchev–Trinajstić information content (AvgIpc) is 2.52. The summed E-state index contributed by atoms with van der Waals surface area (Å²) in [6.07, 6.45) is -2.52. The number of alkyl halides is 16. The Morgan fingerprint density at radius 1 is 0.548 bits per heavy atom. The molecule has 21 heteroatoms. The molecule has 0 unspecified atom stereocenters. The molecule has 182 valence electrons. The molecule has 0 aromatic rings. The van der Waals surface area contributed by atoms with Gasteiger partial charge in [-0.05, 0) is 0 Å². The van der Waals surface area contributed by atoms with Gasteiger partial charge in [-0.3, -0.25) is 0 Å². The van der Waals surface area contributed by atoms with E-state index in [1.54, 1.807) is 0 Å². The second-order valence-corrected chi connectivity index (χ2v) is 6.90. The van der Waals surface area contributed by atoms with Crippen LogP contribution in [0.15, 0.2) is 0 Å². The third-order valence-corrected chi connectivity index (χ3v) is 4.44. The first-order chi connectivity index (χ1) is 12.6. The molecule has 0 aromatic heterocycles. The SMILES string of the molecule is CCC(F)(F)C(F)(F)C(F)(F)C(F)(F)C(F)(F)C(F)(F)C(F)(F)C(F)(F)S(=O)(=O)[O-].[K+]. The van der Waals surface area contributed by atoms with Crippen molar-refractivity contribution in [3.05, 3.63) is 0 Å². The quantitative estimate of drug-likeness (QED) is 0.252. The van der Waals surface area contributed by atoms with Gasteiger partial charge in [-0.25, -0.2) is 8.42 Å². The van der Waals surface area contributed by atoms with Crippen molar-refractivity contribution in [3.8, 4) is 0 Å². The Bertz CT molecular complexity index is 762. The van der Waals surface area contributed by atoms with Crippen LogP contribution in [0.5, 0.6) is 0 Å². The summed E-state index contributed by atoms with van der Waals surface area (Å²) in [4.78, 5) is 0. The van der Waals surface area contributed by atoms with Crippen molar-refractivity contribution < 1.29 is 135 Å². The molecule has 0 saturated heterocycles. The molecular weight excluding hydrogens is 543 g/mol. The van der Waals surface area contributed by atoms with Crippen LogP contribution in [0.3, 0.4) is 0 Å². The first-order valence-corrected chi connectivity index (χ1v) is 7.95. The van der Waals surface area contributed by atoms with E-state index in [-0.39, 0.29) is 58.3 Å². The van der Waals surface area contributed by atoms with Crippen LogP contribution in [0.2, 0.25) is 0 Å². The molecule has 0 fully saturated rings. The van der Waals surface area contributed by atoms with E-state index in [1.807, 2.05) is 0 Å². The molecule has 0 saturated carbocycles. The number of rotatable bonds is 9. The van der Waals surface area contributed by atoms with Crippen LogP contribution < -0.4 is 51.4 Å². The van der Waals surface area contributed by atoms with Gasteiger partial charge in [0.15, 0.2) is 10.1 Å². The third kappa shape index (κ3) is 4.32. The van der Waals surface area contributed by atoms with Crippen molar-refractivity contribution in [2.75, 3.05) is 0 Å². The minimum absolute atomic E-state index is 0. The smallest absolute Gasteiger partial charge is 0.743 e. The number of hydrogen-bond acceptors (Lipinski definition) is 3. The summed E-state index contributed by atoms with van der Waals surface area (Å²) >= 11 is 0. The van der Waals surface area contributed by atoms with Crippen LogP contribution in [0.25, 0.3) is 0 Å². The van der Waals surface area contributed by atoms with Gasteiger partial charge in [-0.15, -0.1) is 0 Å².